The van der Waals surface area contributed by atoms with Crippen molar-refractivity contribution in [2.75, 3.05) is 7.11 Å². The van der Waals surface area contributed by atoms with Crippen molar-refractivity contribution in [3.8, 4) is 11.5 Å². The number of ether oxygens (including phenoxy) is 2. The Morgan fingerprint density at radius 1 is 0.952 bits per heavy atom. The summed E-state index contributed by atoms with van der Waals surface area (Å²) in [5, 5.41) is 0. The van der Waals surface area contributed by atoms with E-state index in [1.807, 2.05) is 0 Å². The maximum absolute atomic E-state index is 12.1. The zero-order chi connectivity index (χ0) is 15.4. The first kappa shape index (κ1) is 15.3. The second-order valence-electron chi connectivity index (χ2n) is 4.32. The standard InChI is InChI=1S/C16H13BrO4/c1-10(18)12-5-8-14(15(9-12)20-2)21-16(19)11-3-6-13(17)7-4-11/h3-9H,1-2H3. The van der Waals surface area contributed by atoms with Crippen LogP contribution in [0.25, 0.3) is 0 Å². The molecule has 2 rings (SSSR count). The molecule has 0 heterocycles. The Hall–Kier alpha value is -2.14. The van der Waals surface area contributed by atoms with Crippen LogP contribution < -0.4 is 9.47 Å². The molecule has 0 unspecified atom stereocenters. The summed E-state index contributed by atoms with van der Waals surface area (Å²) < 4.78 is 11.3. The van der Waals surface area contributed by atoms with Crippen molar-refractivity contribution < 1.29 is 19.1 Å². The predicted octanol–water partition coefficient (Wildman–Crippen LogP) is 3.88. The summed E-state index contributed by atoms with van der Waals surface area (Å²) in [5.74, 6) is 0.0408. The van der Waals surface area contributed by atoms with Gasteiger partial charge in [-0.05, 0) is 49.4 Å². The third-order valence-electron chi connectivity index (χ3n) is 2.85. The molecule has 0 saturated carbocycles. The molecule has 5 heteroatoms. The van der Waals surface area contributed by atoms with Crippen LogP contribution in [-0.4, -0.2) is 18.9 Å². The molecule has 0 amide bonds. The van der Waals surface area contributed by atoms with Crippen LogP contribution in [0.4, 0.5) is 0 Å². The smallest absolute Gasteiger partial charge is 0.343 e. The summed E-state index contributed by atoms with van der Waals surface area (Å²) in [5.41, 5.74) is 0.922. The van der Waals surface area contributed by atoms with Gasteiger partial charge < -0.3 is 9.47 Å². The van der Waals surface area contributed by atoms with Gasteiger partial charge in [0.15, 0.2) is 17.3 Å². The summed E-state index contributed by atoms with van der Waals surface area (Å²) in [7, 11) is 1.45. The van der Waals surface area contributed by atoms with Crippen LogP contribution in [0.1, 0.15) is 27.6 Å². The minimum absolute atomic E-state index is 0.0842. The summed E-state index contributed by atoms with van der Waals surface area (Å²) >= 11 is 3.30. The molecule has 0 aromatic heterocycles. The van der Waals surface area contributed by atoms with E-state index < -0.39 is 5.97 Å². The number of esters is 1. The SMILES string of the molecule is COc1cc(C(C)=O)ccc1OC(=O)c1ccc(Br)cc1. The molecule has 2 aromatic carbocycles. The van der Waals surface area contributed by atoms with Gasteiger partial charge in [-0.15, -0.1) is 0 Å². The molecule has 0 N–H and O–H groups in total. The van der Waals surface area contributed by atoms with Gasteiger partial charge >= 0.3 is 5.97 Å². The van der Waals surface area contributed by atoms with Crippen LogP contribution in [-0.2, 0) is 0 Å². The highest BCUT2D eigenvalue weighted by atomic mass is 79.9. The normalized spacial score (nSPS) is 10.0. The van der Waals surface area contributed by atoms with E-state index in [2.05, 4.69) is 15.9 Å². The molecule has 0 aliphatic rings. The third kappa shape index (κ3) is 3.70. The predicted molar refractivity (Wildman–Crippen MR) is 82.1 cm³/mol. The van der Waals surface area contributed by atoms with E-state index in [0.717, 1.165) is 4.47 Å². The van der Waals surface area contributed by atoms with Gasteiger partial charge in [-0.25, -0.2) is 4.79 Å². The molecular formula is C16H13BrO4. The van der Waals surface area contributed by atoms with Gasteiger partial charge in [-0.3, -0.25) is 4.79 Å². The fourth-order valence-corrected chi connectivity index (χ4v) is 1.98. The first-order valence-electron chi connectivity index (χ1n) is 6.18. The van der Waals surface area contributed by atoms with E-state index in [-0.39, 0.29) is 11.5 Å². The molecule has 2 aromatic rings. The van der Waals surface area contributed by atoms with Crippen molar-refractivity contribution in [2.45, 2.75) is 6.92 Å². The molecule has 0 saturated heterocycles. The highest BCUT2D eigenvalue weighted by molar-refractivity contribution is 9.10. The number of halogens is 1. The highest BCUT2D eigenvalue weighted by Crippen LogP contribution is 2.29. The Morgan fingerprint density at radius 2 is 1.57 bits per heavy atom. The van der Waals surface area contributed by atoms with Gasteiger partial charge in [0, 0.05) is 10.0 Å². The average Bonchev–Trinajstić information content (AvgIpc) is 2.48. The Bertz CT molecular complexity index is 677. The number of carbonyl (C=O) groups is 2. The zero-order valence-corrected chi connectivity index (χ0v) is 13.1. The molecule has 0 atom stereocenters. The van der Waals surface area contributed by atoms with Gasteiger partial charge in [0.05, 0.1) is 12.7 Å². The summed E-state index contributed by atoms with van der Waals surface area (Å²) in [6, 6.07) is 11.5. The first-order chi connectivity index (χ1) is 10.0. The van der Waals surface area contributed by atoms with E-state index in [1.54, 1.807) is 42.5 Å². The van der Waals surface area contributed by atoms with Crippen LogP contribution >= 0.6 is 15.9 Å². The molecule has 0 aliphatic carbocycles. The number of rotatable bonds is 4. The van der Waals surface area contributed by atoms with Crippen LogP contribution in [0.5, 0.6) is 11.5 Å². The molecule has 108 valence electrons. The lowest BCUT2D eigenvalue weighted by Crippen LogP contribution is -2.09. The lowest BCUT2D eigenvalue weighted by molar-refractivity contribution is 0.0729. The molecule has 0 aliphatic heterocycles. The largest absolute Gasteiger partial charge is 0.493 e. The van der Waals surface area contributed by atoms with Gasteiger partial charge in [0.1, 0.15) is 0 Å². The maximum atomic E-state index is 12.1. The molecule has 0 fully saturated rings. The minimum atomic E-state index is -0.489. The topological polar surface area (TPSA) is 52.6 Å². The molecule has 4 nitrogen and oxygen atoms in total. The molecule has 0 radical (unpaired) electrons. The number of methoxy groups -OCH3 is 1. The Kier molecular flexibility index (Phi) is 4.75. The van der Waals surface area contributed by atoms with Gasteiger partial charge in [-0.1, -0.05) is 15.9 Å². The quantitative estimate of drug-likeness (QED) is 0.478. The summed E-state index contributed by atoms with van der Waals surface area (Å²) in [6.45, 7) is 1.46. The van der Waals surface area contributed by atoms with Gasteiger partial charge in [0.25, 0.3) is 0 Å². The van der Waals surface area contributed by atoms with E-state index >= 15 is 0 Å². The number of carbonyl (C=O) groups excluding carboxylic acids is 2. The Morgan fingerprint density at radius 3 is 2.14 bits per heavy atom. The van der Waals surface area contributed by atoms with Gasteiger partial charge in [-0.2, -0.15) is 0 Å². The van der Waals surface area contributed by atoms with Crippen molar-refractivity contribution >= 4 is 27.7 Å². The monoisotopic (exact) mass is 348 g/mol. The number of Topliss-reactive ketones (excluding diaryl/α,β-unsaturated/α-hetero) is 1. The van der Waals surface area contributed by atoms with Crippen LogP contribution in [0.2, 0.25) is 0 Å². The number of hydrogen-bond acceptors (Lipinski definition) is 4. The lowest BCUT2D eigenvalue weighted by Gasteiger charge is -2.10. The maximum Gasteiger partial charge on any atom is 0.343 e. The lowest BCUT2D eigenvalue weighted by atomic mass is 10.1. The van der Waals surface area contributed by atoms with Crippen molar-refractivity contribution in [3.05, 3.63) is 58.1 Å². The van der Waals surface area contributed by atoms with E-state index in [9.17, 15) is 9.59 Å². The number of hydrogen-bond donors (Lipinski definition) is 0. The minimum Gasteiger partial charge on any atom is -0.493 e. The average molecular weight is 349 g/mol. The van der Waals surface area contributed by atoms with E-state index in [4.69, 9.17) is 9.47 Å². The molecule has 21 heavy (non-hydrogen) atoms. The molecular weight excluding hydrogens is 336 g/mol. The fraction of sp³-hybridized carbons (Fsp3) is 0.125. The zero-order valence-electron chi connectivity index (χ0n) is 11.6. The summed E-state index contributed by atoms with van der Waals surface area (Å²) in [4.78, 5) is 23.4. The Labute approximate surface area is 130 Å². The second kappa shape index (κ2) is 6.54. The summed E-state index contributed by atoms with van der Waals surface area (Å²) in [6.07, 6.45) is 0. The van der Waals surface area contributed by atoms with Crippen molar-refractivity contribution in [1.29, 1.82) is 0 Å². The van der Waals surface area contributed by atoms with Crippen LogP contribution in [0.15, 0.2) is 46.9 Å². The van der Waals surface area contributed by atoms with Crippen molar-refractivity contribution in [3.63, 3.8) is 0 Å². The first-order valence-corrected chi connectivity index (χ1v) is 6.97. The third-order valence-corrected chi connectivity index (χ3v) is 3.38. The van der Waals surface area contributed by atoms with E-state index in [1.165, 1.54) is 14.0 Å². The number of benzene rings is 2. The van der Waals surface area contributed by atoms with Crippen LogP contribution in [0, 0.1) is 0 Å². The second-order valence-corrected chi connectivity index (χ2v) is 5.23. The fourth-order valence-electron chi connectivity index (χ4n) is 1.72. The Balaban J connectivity index is 2.24. The van der Waals surface area contributed by atoms with E-state index in [0.29, 0.717) is 16.9 Å². The van der Waals surface area contributed by atoms with Crippen LogP contribution in [0.3, 0.4) is 0 Å². The highest BCUT2D eigenvalue weighted by Gasteiger charge is 2.13. The van der Waals surface area contributed by atoms with Crippen molar-refractivity contribution in [2.24, 2.45) is 0 Å². The molecule has 0 spiro atoms. The van der Waals surface area contributed by atoms with Crippen molar-refractivity contribution in [1.82, 2.24) is 0 Å². The molecule has 0 bridgehead atoms. The van der Waals surface area contributed by atoms with Gasteiger partial charge in [0.2, 0.25) is 0 Å². The number of ketones is 1.